The lowest BCUT2D eigenvalue weighted by Gasteiger charge is -2.14. The van der Waals surface area contributed by atoms with Crippen LogP contribution in [0.3, 0.4) is 0 Å². The van der Waals surface area contributed by atoms with E-state index in [-0.39, 0.29) is 5.82 Å². The van der Waals surface area contributed by atoms with Crippen LogP contribution in [0.2, 0.25) is 0 Å². The molecule has 1 aromatic heterocycles. The Labute approximate surface area is 208 Å². The van der Waals surface area contributed by atoms with Crippen LogP contribution < -0.4 is 5.32 Å². The molecular formula is C30H33FN4. The molecule has 2 N–H and O–H groups in total. The Hall–Kier alpha value is -4.25. The van der Waals surface area contributed by atoms with E-state index in [0.717, 1.165) is 33.7 Å². The molecule has 1 heterocycles. The lowest BCUT2D eigenvalue weighted by molar-refractivity contribution is 0.627. The SMILES string of the molecule is C=C/C=C(/c1cccc(F)c1)c1nc(C(=C)C(=C/C(=C)/C(C=NC=C)=C/C)/C(=C\C)NC)[nH]c1C. The summed E-state index contributed by atoms with van der Waals surface area (Å²) < 4.78 is 13.9. The molecule has 0 fully saturated rings. The molecule has 0 atom stereocenters. The van der Waals surface area contributed by atoms with E-state index >= 15 is 0 Å². The van der Waals surface area contributed by atoms with E-state index in [0.29, 0.717) is 22.7 Å². The standard InChI is InChI=1S/C30H33FN4/c1-9-14-26(24-15-13-16-25(31)18-24)29-22(7)34-30(35-29)21(6)27(28(11-3)32-8)17-20(5)23(10-2)19-33-12-4/h9-19,32H,1,4-6H2,2-3,7-8H3,(H,34,35)/b23-10+,26-14-,27-17-,28-11+,33-19?. The largest absolute Gasteiger partial charge is 0.388 e. The van der Waals surface area contributed by atoms with Crippen LogP contribution in [0.25, 0.3) is 11.1 Å². The van der Waals surface area contributed by atoms with Crippen molar-refractivity contribution < 1.29 is 4.39 Å². The van der Waals surface area contributed by atoms with E-state index < -0.39 is 0 Å². The summed E-state index contributed by atoms with van der Waals surface area (Å²) in [6.45, 7) is 21.8. The van der Waals surface area contributed by atoms with Gasteiger partial charge in [0.15, 0.2) is 0 Å². The van der Waals surface area contributed by atoms with Crippen LogP contribution in [0, 0.1) is 12.7 Å². The van der Waals surface area contributed by atoms with Crippen molar-refractivity contribution in [3.63, 3.8) is 0 Å². The van der Waals surface area contributed by atoms with Crippen LogP contribution in [0.4, 0.5) is 4.39 Å². The lowest BCUT2D eigenvalue weighted by atomic mass is 9.97. The molecule has 0 saturated heterocycles. The molecule has 180 valence electrons. The number of likely N-dealkylation sites (N-methyl/N-ethyl adjacent to an activating group) is 1. The molecule has 5 heteroatoms. The third-order valence-corrected chi connectivity index (χ3v) is 5.34. The molecule has 0 aliphatic carbocycles. The molecular weight excluding hydrogens is 435 g/mol. The van der Waals surface area contributed by atoms with Gasteiger partial charge in [-0.2, -0.15) is 0 Å². The van der Waals surface area contributed by atoms with Gasteiger partial charge in [-0.15, -0.1) is 0 Å². The second-order valence-corrected chi connectivity index (χ2v) is 7.60. The number of allylic oxidation sites excluding steroid dienone is 8. The number of hydrogen-bond donors (Lipinski definition) is 2. The third-order valence-electron chi connectivity index (χ3n) is 5.34. The fraction of sp³-hybridized carbons (Fsp3) is 0.133. The molecule has 4 nitrogen and oxygen atoms in total. The van der Waals surface area contributed by atoms with E-state index in [1.807, 2.05) is 58.2 Å². The highest BCUT2D eigenvalue weighted by Gasteiger charge is 2.18. The molecule has 0 bridgehead atoms. The fourth-order valence-electron chi connectivity index (χ4n) is 3.57. The van der Waals surface area contributed by atoms with Crippen LogP contribution in [0.5, 0.6) is 0 Å². The minimum Gasteiger partial charge on any atom is -0.388 e. The van der Waals surface area contributed by atoms with Gasteiger partial charge in [0.2, 0.25) is 0 Å². The average Bonchev–Trinajstić information content (AvgIpc) is 3.23. The van der Waals surface area contributed by atoms with E-state index in [1.54, 1.807) is 18.4 Å². The number of imidazole rings is 1. The number of nitrogens with one attached hydrogen (secondary N) is 2. The molecule has 0 aliphatic rings. The third kappa shape index (κ3) is 6.64. The first-order valence-corrected chi connectivity index (χ1v) is 11.2. The zero-order valence-electron chi connectivity index (χ0n) is 21.0. The molecule has 35 heavy (non-hydrogen) atoms. The monoisotopic (exact) mass is 468 g/mol. The average molecular weight is 469 g/mol. The Morgan fingerprint density at radius 3 is 2.49 bits per heavy atom. The van der Waals surface area contributed by atoms with Gasteiger partial charge in [0.1, 0.15) is 11.6 Å². The van der Waals surface area contributed by atoms with Gasteiger partial charge in [-0.1, -0.05) is 62.8 Å². The number of aliphatic imine (C=N–C) groups is 1. The number of aryl methyl sites for hydroxylation is 1. The molecule has 0 unspecified atom stereocenters. The molecule has 0 spiro atoms. The Bertz CT molecular complexity index is 1280. The number of aromatic amines is 1. The maximum Gasteiger partial charge on any atom is 0.138 e. The number of aromatic nitrogens is 2. The van der Waals surface area contributed by atoms with Gasteiger partial charge in [-0.25, -0.2) is 9.37 Å². The highest BCUT2D eigenvalue weighted by Crippen LogP contribution is 2.31. The van der Waals surface area contributed by atoms with E-state index in [2.05, 4.69) is 41.6 Å². The first-order chi connectivity index (χ1) is 16.8. The number of rotatable bonds is 11. The highest BCUT2D eigenvalue weighted by atomic mass is 19.1. The number of halogens is 1. The van der Waals surface area contributed by atoms with Crippen molar-refractivity contribution in [2.45, 2.75) is 20.8 Å². The zero-order chi connectivity index (χ0) is 26.0. The lowest BCUT2D eigenvalue weighted by Crippen LogP contribution is -2.10. The first-order valence-electron chi connectivity index (χ1n) is 11.2. The van der Waals surface area contributed by atoms with E-state index in [1.165, 1.54) is 18.3 Å². The van der Waals surface area contributed by atoms with Gasteiger partial charge < -0.3 is 10.3 Å². The maximum absolute atomic E-state index is 13.9. The first kappa shape index (κ1) is 27.0. The van der Waals surface area contributed by atoms with Crippen LogP contribution in [-0.4, -0.2) is 23.2 Å². The van der Waals surface area contributed by atoms with Gasteiger partial charge in [0, 0.05) is 47.6 Å². The van der Waals surface area contributed by atoms with Crippen molar-refractivity contribution in [2.24, 2.45) is 4.99 Å². The molecule has 0 saturated carbocycles. The molecule has 2 aromatic rings. The molecule has 0 aliphatic heterocycles. The summed E-state index contributed by atoms with van der Waals surface area (Å²) in [6, 6.07) is 6.42. The molecule has 0 amide bonds. The highest BCUT2D eigenvalue weighted by molar-refractivity contribution is 5.88. The van der Waals surface area contributed by atoms with Crippen molar-refractivity contribution in [3.8, 4) is 0 Å². The minimum atomic E-state index is -0.314. The van der Waals surface area contributed by atoms with Gasteiger partial charge in [0.25, 0.3) is 0 Å². The molecule has 2 rings (SSSR count). The van der Waals surface area contributed by atoms with Crippen molar-refractivity contribution in [3.05, 3.63) is 138 Å². The fourth-order valence-corrected chi connectivity index (χ4v) is 3.57. The van der Waals surface area contributed by atoms with Crippen LogP contribution in [-0.2, 0) is 0 Å². The van der Waals surface area contributed by atoms with Gasteiger partial charge in [0.05, 0.1) is 5.69 Å². The van der Waals surface area contributed by atoms with Crippen LogP contribution >= 0.6 is 0 Å². The smallest absolute Gasteiger partial charge is 0.138 e. The summed E-state index contributed by atoms with van der Waals surface area (Å²) in [5, 5.41) is 3.22. The Balaban J connectivity index is 2.60. The predicted molar refractivity (Wildman–Crippen MR) is 149 cm³/mol. The van der Waals surface area contributed by atoms with Crippen molar-refractivity contribution >= 4 is 17.4 Å². The van der Waals surface area contributed by atoms with Gasteiger partial charge >= 0.3 is 0 Å². The number of hydrogen-bond acceptors (Lipinski definition) is 3. The maximum atomic E-state index is 13.9. The van der Waals surface area contributed by atoms with Crippen molar-refractivity contribution in [2.75, 3.05) is 7.05 Å². The van der Waals surface area contributed by atoms with Gasteiger partial charge in [-0.05, 0) is 55.7 Å². The number of benzene rings is 1. The summed E-state index contributed by atoms with van der Waals surface area (Å²) in [7, 11) is 1.85. The zero-order valence-corrected chi connectivity index (χ0v) is 21.0. The predicted octanol–water partition coefficient (Wildman–Crippen LogP) is 7.25. The Morgan fingerprint density at radius 2 is 1.91 bits per heavy atom. The van der Waals surface area contributed by atoms with Crippen molar-refractivity contribution in [1.29, 1.82) is 0 Å². The second kappa shape index (κ2) is 12.8. The summed E-state index contributed by atoms with van der Waals surface area (Å²) in [5.74, 6) is 0.282. The summed E-state index contributed by atoms with van der Waals surface area (Å²) in [4.78, 5) is 12.3. The van der Waals surface area contributed by atoms with E-state index in [4.69, 9.17) is 4.98 Å². The number of H-pyrrole nitrogens is 1. The van der Waals surface area contributed by atoms with Crippen molar-refractivity contribution in [1.82, 2.24) is 15.3 Å². The summed E-state index contributed by atoms with van der Waals surface area (Å²) >= 11 is 0. The normalized spacial score (nSPS) is 13.2. The van der Waals surface area contributed by atoms with Crippen LogP contribution in [0.15, 0.2) is 115 Å². The summed E-state index contributed by atoms with van der Waals surface area (Å²) in [5.41, 5.74) is 7.00. The van der Waals surface area contributed by atoms with Crippen LogP contribution in [0.1, 0.15) is 36.6 Å². The topological polar surface area (TPSA) is 53.1 Å². The quantitative estimate of drug-likeness (QED) is 0.269. The molecule has 0 radical (unpaired) electrons. The minimum absolute atomic E-state index is 0.314. The Morgan fingerprint density at radius 1 is 1.17 bits per heavy atom. The molecule has 1 aromatic carbocycles. The summed E-state index contributed by atoms with van der Waals surface area (Å²) in [6.07, 6.45) is 12.5. The Kier molecular flexibility index (Phi) is 9.91. The number of nitrogens with zero attached hydrogens (tertiary/aromatic N) is 2. The second-order valence-electron chi connectivity index (χ2n) is 7.60. The van der Waals surface area contributed by atoms with Gasteiger partial charge in [-0.3, -0.25) is 4.99 Å². The van der Waals surface area contributed by atoms with E-state index in [9.17, 15) is 4.39 Å².